The number of amides is 1. The highest BCUT2D eigenvalue weighted by molar-refractivity contribution is 5.94. The quantitative estimate of drug-likeness (QED) is 0.906. The highest BCUT2D eigenvalue weighted by Gasteiger charge is 2.19. The summed E-state index contributed by atoms with van der Waals surface area (Å²) < 4.78 is 1.98. The van der Waals surface area contributed by atoms with Crippen molar-refractivity contribution in [2.24, 2.45) is 5.92 Å². The lowest BCUT2D eigenvalue weighted by Crippen LogP contribution is -2.24. The molecule has 2 aromatic rings. The zero-order valence-corrected chi connectivity index (χ0v) is 14.1. The molecule has 1 saturated carbocycles. The van der Waals surface area contributed by atoms with Gasteiger partial charge in [0.2, 0.25) is 0 Å². The third kappa shape index (κ3) is 3.11. The molecule has 4 heteroatoms. The fourth-order valence-corrected chi connectivity index (χ4v) is 3.98. The fourth-order valence-electron chi connectivity index (χ4n) is 3.98. The molecule has 0 spiro atoms. The summed E-state index contributed by atoms with van der Waals surface area (Å²) in [6.45, 7) is 2.61. The topological polar surface area (TPSA) is 46.1 Å². The average Bonchev–Trinajstić information content (AvgIpc) is 3.06. The van der Waals surface area contributed by atoms with E-state index >= 15 is 0 Å². The predicted octanol–water partition coefficient (Wildman–Crippen LogP) is 3.39. The zero-order chi connectivity index (χ0) is 16.4. The van der Waals surface area contributed by atoms with Gasteiger partial charge in [0.1, 0.15) is 5.69 Å². The fraction of sp³-hybridized carbons (Fsp3) is 0.450. The second-order valence-electron chi connectivity index (χ2n) is 7.04. The zero-order valence-electron chi connectivity index (χ0n) is 14.1. The van der Waals surface area contributed by atoms with Crippen molar-refractivity contribution in [1.29, 1.82) is 0 Å². The van der Waals surface area contributed by atoms with Gasteiger partial charge in [-0.15, -0.1) is 0 Å². The van der Waals surface area contributed by atoms with Crippen LogP contribution in [0.15, 0.2) is 36.5 Å². The Hall–Kier alpha value is -2.07. The molecule has 0 saturated heterocycles. The van der Waals surface area contributed by atoms with Crippen molar-refractivity contribution in [1.82, 2.24) is 15.2 Å². The molecule has 2 aliphatic rings. The summed E-state index contributed by atoms with van der Waals surface area (Å²) in [6.07, 6.45) is 8.90. The van der Waals surface area contributed by atoms with E-state index in [1.54, 1.807) is 0 Å². The summed E-state index contributed by atoms with van der Waals surface area (Å²) in [5.41, 5.74) is 4.27. The second-order valence-corrected chi connectivity index (χ2v) is 7.04. The van der Waals surface area contributed by atoms with Crippen LogP contribution in [0.25, 0.3) is 5.69 Å². The Kier molecular flexibility index (Phi) is 4.39. The largest absolute Gasteiger partial charge is 0.347 e. The highest BCUT2D eigenvalue weighted by Crippen LogP contribution is 2.24. The van der Waals surface area contributed by atoms with Gasteiger partial charge >= 0.3 is 0 Å². The van der Waals surface area contributed by atoms with E-state index in [4.69, 9.17) is 0 Å². The molecule has 0 bridgehead atoms. The van der Waals surface area contributed by atoms with Gasteiger partial charge in [0.25, 0.3) is 5.91 Å². The van der Waals surface area contributed by atoms with Crippen molar-refractivity contribution >= 4 is 5.91 Å². The molecular formula is C20H25N3O. The van der Waals surface area contributed by atoms with E-state index in [1.807, 2.05) is 22.9 Å². The molecule has 4 rings (SSSR count). The van der Waals surface area contributed by atoms with E-state index in [1.165, 1.54) is 43.2 Å². The number of carbonyl (C=O) groups excluding carboxylic acids is 1. The Labute approximate surface area is 143 Å². The summed E-state index contributed by atoms with van der Waals surface area (Å²) in [5, 5.41) is 6.62. The van der Waals surface area contributed by atoms with E-state index in [0.29, 0.717) is 12.2 Å². The van der Waals surface area contributed by atoms with Crippen LogP contribution >= 0.6 is 0 Å². The van der Waals surface area contributed by atoms with Crippen LogP contribution in [0.1, 0.15) is 53.7 Å². The first-order valence-corrected chi connectivity index (χ1v) is 9.10. The number of fused-ring (bicyclic) bond motifs is 3. The molecule has 2 heterocycles. The molecule has 1 amide bonds. The molecule has 0 radical (unpaired) electrons. The van der Waals surface area contributed by atoms with Crippen molar-refractivity contribution < 1.29 is 4.79 Å². The Morgan fingerprint density at radius 1 is 1.17 bits per heavy atom. The molecule has 1 aliphatic heterocycles. The summed E-state index contributed by atoms with van der Waals surface area (Å²) in [4.78, 5) is 12.1. The van der Waals surface area contributed by atoms with Gasteiger partial charge in [-0.05, 0) is 54.6 Å². The number of rotatable bonds is 4. The molecule has 2 N–H and O–H groups in total. The van der Waals surface area contributed by atoms with Crippen molar-refractivity contribution in [3.63, 3.8) is 0 Å². The van der Waals surface area contributed by atoms with Crippen molar-refractivity contribution in [3.8, 4) is 5.69 Å². The average molecular weight is 323 g/mol. The third-order valence-electron chi connectivity index (χ3n) is 5.31. The number of hydrogen-bond acceptors (Lipinski definition) is 2. The van der Waals surface area contributed by atoms with Gasteiger partial charge in [0.15, 0.2) is 0 Å². The van der Waals surface area contributed by atoms with Crippen LogP contribution in [0.4, 0.5) is 0 Å². The molecule has 0 atom stereocenters. The molecule has 24 heavy (non-hydrogen) atoms. The van der Waals surface area contributed by atoms with Gasteiger partial charge in [0.05, 0.1) is 5.69 Å². The van der Waals surface area contributed by atoms with Crippen LogP contribution in [0.2, 0.25) is 0 Å². The summed E-state index contributed by atoms with van der Waals surface area (Å²) in [7, 11) is 0. The Morgan fingerprint density at radius 3 is 2.92 bits per heavy atom. The van der Waals surface area contributed by atoms with Crippen LogP contribution in [-0.4, -0.2) is 17.0 Å². The Balaban J connectivity index is 1.45. The maximum atomic E-state index is 12.1. The number of carbonyl (C=O) groups is 1. The highest BCUT2D eigenvalue weighted by atomic mass is 16.1. The monoisotopic (exact) mass is 323 g/mol. The minimum absolute atomic E-state index is 0.00632. The van der Waals surface area contributed by atoms with Crippen LogP contribution in [0, 0.1) is 5.92 Å². The molecule has 4 nitrogen and oxygen atoms in total. The standard InChI is InChI=1S/C20H25N3O/c24-20-19-7-4-10-23(19)18-9-8-16(11-17(18)14-22-20)13-21-12-15-5-2-1-3-6-15/h4,7-11,15,21H,1-3,5-6,12-14H2,(H,22,24). The molecule has 1 aromatic carbocycles. The first-order valence-electron chi connectivity index (χ1n) is 9.10. The van der Waals surface area contributed by atoms with Gasteiger partial charge in [0, 0.05) is 19.3 Å². The summed E-state index contributed by atoms with van der Waals surface area (Å²) in [5.74, 6) is 0.842. The maximum Gasteiger partial charge on any atom is 0.268 e. The van der Waals surface area contributed by atoms with E-state index < -0.39 is 0 Å². The van der Waals surface area contributed by atoms with E-state index in [0.717, 1.165) is 24.7 Å². The Morgan fingerprint density at radius 2 is 2.04 bits per heavy atom. The predicted molar refractivity (Wildman–Crippen MR) is 95.2 cm³/mol. The number of benzene rings is 1. The van der Waals surface area contributed by atoms with Crippen LogP contribution in [0.3, 0.4) is 0 Å². The van der Waals surface area contributed by atoms with Crippen molar-refractivity contribution in [2.75, 3.05) is 6.54 Å². The van der Waals surface area contributed by atoms with Crippen LogP contribution in [0.5, 0.6) is 0 Å². The van der Waals surface area contributed by atoms with E-state index in [9.17, 15) is 4.79 Å². The lowest BCUT2D eigenvalue weighted by Gasteiger charge is -2.22. The number of nitrogens with zero attached hydrogens (tertiary/aromatic N) is 1. The second kappa shape index (κ2) is 6.81. The first-order chi connectivity index (χ1) is 11.8. The smallest absolute Gasteiger partial charge is 0.268 e. The summed E-state index contributed by atoms with van der Waals surface area (Å²) in [6, 6.07) is 10.3. The number of aromatic nitrogens is 1. The molecule has 1 fully saturated rings. The van der Waals surface area contributed by atoms with Crippen molar-refractivity contribution in [2.45, 2.75) is 45.2 Å². The molecule has 126 valence electrons. The number of hydrogen-bond donors (Lipinski definition) is 2. The molecule has 1 aliphatic carbocycles. The van der Waals surface area contributed by atoms with Gasteiger partial charge in [-0.1, -0.05) is 31.4 Å². The Bertz CT molecular complexity index is 728. The summed E-state index contributed by atoms with van der Waals surface area (Å²) >= 11 is 0. The van der Waals surface area contributed by atoms with E-state index in [2.05, 4.69) is 28.8 Å². The molecule has 1 aromatic heterocycles. The first kappa shape index (κ1) is 15.5. The van der Waals surface area contributed by atoms with Gasteiger partial charge in [-0.2, -0.15) is 0 Å². The van der Waals surface area contributed by atoms with Gasteiger partial charge < -0.3 is 15.2 Å². The van der Waals surface area contributed by atoms with Crippen molar-refractivity contribution in [3.05, 3.63) is 53.3 Å². The lowest BCUT2D eigenvalue weighted by molar-refractivity contribution is 0.0946. The van der Waals surface area contributed by atoms with Gasteiger partial charge in [-0.3, -0.25) is 4.79 Å². The minimum atomic E-state index is -0.00632. The molecular weight excluding hydrogens is 298 g/mol. The minimum Gasteiger partial charge on any atom is -0.347 e. The van der Waals surface area contributed by atoms with E-state index in [-0.39, 0.29) is 5.91 Å². The normalized spacial score (nSPS) is 17.8. The number of nitrogens with one attached hydrogen (secondary N) is 2. The van der Waals surface area contributed by atoms with Crippen LogP contribution < -0.4 is 10.6 Å². The molecule has 0 unspecified atom stereocenters. The SMILES string of the molecule is O=C1NCc2cc(CNCC3CCCCC3)ccc2-n2cccc21. The maximum absolute atomic E-state index is 12.1. The van der Waals surface area contributed by atoms with Gasteiger partial charge in [-0.25, -0.2) is 0 Å². The third-order valence-corrected chi connectivity index (χ3v) is 5.31. The lowest BCUT2D eigenvalue weighted by atomic mass is 9.89. The van der Waals surface area contributed by atoms with Crippen LogP contribution in [-0.2, 0) is 13.1 Å².